The number of aromatic nitrogens is 1. The number of nitrogens with one attached hydrogen (secondary N) is 1. The number of para-hydroxylation sites is 1. The molecule has 3 rings (SSSR count). The largest absolute Gasteiger partial charge is 0.433 e. The maximum atomic E-state index is 11.7. The molecular weight excluding hydrogens is 352 g/mol. The lowest BCUT2D eigenvalue weighted by Gasteiger charge is -1.96. The number of carbonyl (C=O) groups excluding carboxylic acids is 1. The zero-order valence-electron chi connectivity index (χ0n) is 12.0. The van der Waals surface area contributed by atoms with Crippen molar-refractivity contribution >= 4 is 51.3 Å². The van der Waals surface area contributed by atoms with Gasteiger partial charge in [0.25, 0.3) is 5.91 Å². The van der Waals surface area contributed by atoms with Gasteiger partial charge in [-0.3, -0.25) is 14.9 Å². The van der Waals surface area contributed by atoms with Crippen molar-refractivity contribution in [1.29, 1.82) is 0 Å². The molecule has 10 heteroatoms. The maximum absolute atomic E-state index is 11.7. The number of rotatable bonds is 6. The van der Waals surface area contributed by atoms with E-state index in [-0.39, 0.29) is 23.3 Å². The number of benzene rings is 1. The molecule has 0 fully saturated rings. The zero-order valence-corrected chi connectivity index (χ0v) is 13.7. The van der Waals surface area contributed by atoms with Gasteiger partial charge >= 0.3 is 5.88 Å². The zero-order chi connectivity index (χ0) is 16.9. The molecule has 0 aliphatic rings. The van der Waals surface area contributed by atoms with Crippen molar-refractivity contribution in [3.05, 3.63) is 52.3 Å². The Balaban J connectivity index is 1.50. The Labute approximate surface area is 143 Å². The summed E-state index contributed by atoms with van der Waals surface area (Å²) in [7, 11) is 0. The predicted octanol–water partition coefficient (Wildman–Crippen LogP) is 3.04. The Morgan fingerprint density at radius 3 is 3.00 bits per heavy atom. The summed E-state index contributed by atoms with van der Waals surface area (Å²) in [4.78, 5) is 26.0. The van der Waals surface area contributed by atoms with Gasteiger partial charge < -0.3 is 4.42 Å². The van der Waals surface area contributed by atoms with E-state index >= 15 is 0 Å². The highest BCUT2D eigenvalue weighted by atomic mass is 32.2. The van der Waals surface area contributed by atoms with Crippen LogP contribution in [0.1, 0.15) is 5.76 Å². The van der Waals surface area contributed by atoms with Crippen molar-refractivity contribution in [2.24, 2.45) is 5.10 Å². The minimum Gasteiger partial charge on any atom is -0.400 e. The molecule has 0 spiro atoms. The van der Waals surface area contributed by atoms with Crippen LogP contribution in [0.25, 0.3) is 10.2 Å². The fourth-order valence-electron chi connectivity index (χ4n) is 1.75. The summed E-state index contributed by atoms with van der Waals surface area (Å²) in [6.45, 7) is 0. The Hall–Kier alpha value is -2.72. The van der Waals surface area contributed by atoms with Crippen molar-refractivity contribution < 1.29 is 14.1 Å². The molecule has 8 nitrogen and oxygen atoms in total. The Kier molecular flexibility index (Phi) is 4.87. The van der Waals surface area contributed by atoms with Gasteiger partial charge in [0.1, 0.15) is 4.92 Å². The van der Waals surface area contributed by atoms with E-state index in [1.54, 1.807) is 0 Å². The molecule has 1 amide bonds. The molecule has 0 saturated heterocycles. The molecule has 1 N–H and O–H groups in total. The van der Waals surface area contributed by atoms with Crippen molar-refractivity contribution in [2.75, 3.05) is 5.75 Å². The third kappa shape index (κ3) is 3.97. The summed E-state index contributed by atoms with van der Waals surface area (Å²) in [5.41, 5.74) is 3.24. The molecule has 0 saturated carbocycles. The van der Waals surface area contributed by atoms with E-state index in [0.29, 0.717) is 0 Å². The lowest BCUT2D eigenvalue weighted by atomic mass is 10.3. The van der Waals surface area contributed by atoms with Gasteiger partial charge in [0.05, 0.1) is 28.3 Å². The van der Waals surface area contributed by atoms with Gasteiger partial charge in [-0.15, -0.1) is 11.3 Å². The molecule has 0 atom stereocenters. The van der Waals surface area contributed by atoms with Crippen LogP contribution in [0.4, 0.5) is 5.88 Å². The van der Waals surface area contributed by atoms with Crippen LogP contribution in [-0.4, -0.2) is 27.8 Å². The molecule has 24 heavy (non-hydrogen) atoms. The molecule has 0 unspecified atom stereocenters. The van der Waals surface area contributed by atoms with Gasteiger partial charge in [-0.25, -0.2) is 10.4 Å². The number of thiazole rings is 1. The fraction of sp³-hybridized carbons (Fsp3) is 0.0714. The molecular formula is C14H10N4O4S2. The fourth-order valence-corrected chi connectivity index (χ4v) is 3.61. The highest BCUT2D eigenvalue weighted by Crippen LogP contribution is 2.28. The summed E-state index contributed by atoms with van der Waals surface area (Å²) in [6, 6.07) is 10.4. The normalized spacial score (nSPS) is 11.2. The number of furan rings is 1. The second-order valence-corrected chi connectivity index (χ2v) is 6.72. The van der Waals surface area contributed by atoms with E-state index in [1.807, 2.05) is 24.3 Å². The minimum absolute atomic E-state index is 0.162. The minimum atomic E-state index is -0.648. The summed E-state index contributed by atoms with van der Waals surface area (Å²) in [6.07, 6.45) is 1.20. The first kappa shape index (κ1) is 16.1. The Bertz CT molecular complexity index is 885. The highest BCUT2D eigenvalue weighted by molar-refractivity contribution is 8.01. The van der Waals surface area contributed by atoms with Gasteiger partial charge in [0.2, 0.25) is 0 Å². The van der Waals surface area contributed by atoms with E-state index < -0.39 is 4.92 Å². The average Bonchev–Trinajstić information content (AvgIpc) is 3.19. The van der Waals surface area contributed by atoms with Crippen molar-refractivity contribution in [1.82, 2.24) is 10.4 Å². The van der Waals surface area contributed by atoms with Gasteiger partial charge in [0.15, 0.2) is 10.1 Å². The first-order valence-electron chi connectivity index (χ1n) is 6.66. The number of carbonyl (C=O) groups is 1. The third-order valence-electron chi connectivity index (χ3n) is 2.77. The Morgan fingerprint density at radius 1 is 1.42 bits per heavy atom. The predicted molar refractivity (Wildman–Crippen MR) is 91.4 cm³/mol. The van der Waals surface area contributed by atoms with Crippen LogP contribution in [0, 0.1) is 10.1 Å². The SMILES string of the molecule is O=C(CSc1nc2ccccc2s1)N/N=C/c1ccc([N+](=O)[O-])o1. The number of hydrazone groups is 1. The summed E-state index contributed by atoms with van der Waals surface area (Å²) >= 11 is 2.84. The smallest absolute Gasteiger partial charge is 0.400 e. The van der Waals surface area contributed by atoms with Crippen LogP contribution in [0.5, 0.6) is 0 Å². The molecule has 1 aromatic carbocycles. The van der Waals surface area contributed by atoms with Gasteiger partial charge in [-0.2, -0.15) is 5.10 Å². The van der Waals surface area contributed by atoms with Gasteiger partial charge in [0, 0.05) is 0 Å². The average molecular weight is 362 g/mol. The first-order valence-corrected chi connectivity index (χ1v) is 8.46. The number of fused-ring (bicyclic) bond motifs is 1. The van der Waals surface area contributed by atoms with Crippen LogP contribution in [0.3, 0.4) is 0 Å². The number of hydrogen-bond donors (Lipinski definition) is 1. The second-order valence-electron chi connectivity index (χ2n) is 4.46. The quantitative estimate of drug-likeness (QED) is 0.312. The number of hydrogen-bond acceptors (Lipinski definition) is 8. The summed E-state index contributed by atoms with van der Waals surface area (Å²) in [5.74, 6) is -0.346. The van der Waals surface area contributed by atoms with E-state index in [1.165, 1.54) is 41.4 Å². The molecule has 0 aliphatic heterocycles. The molecule has 2 heterocycles. The van der Waals surface area contributed by atoms with E-state index in [2.05, 4.69) is 15.5 Å². The second kappa shape index (κ2) is 7.23. The van der Waals surface area contributed by atoms with Crippen LogP contribution < -0.4 is 5.43 Å². The number of amides is 1. The highest BCUT2D eigenvalue weighted by Gasteiger charge is 2.10. The standard InChI is InChI=1S/C14H10N4O4S2/c19-12(17-15-7-9-5-6-13(22-9)18(20)21)8-23-14-16-10-3-1-2-4-11(10)24-14/h1-7H,8H2,(H,17,19)/b15-7+. The Morgan fingerprint density at radius 2 is 2.25 bits per heavy atom. The van der Waals surface area contributed by atoms with Crippen molar-refractivity contribution in [2.45, 2.75) is 4.34 Å². The monoisotopic (exact) mass is 362 g/mol. The number of nitrogens with zero attached hydrogens (tertiary/aromatic N) is 3. The molecule has 2 aromatic heterocycles. The molecule has 122 valence electrons. The number of nitro groups is 1. The maximum Gasteiger partial charge on any atom is 0.433 e. The van der Waals surface area contributed by atoms with Crippen LogP contribution >= 0.6 is 23.1 Å². The first-order chi connectivity index (χ1) is 11.6. The van der Waals surface area contributed by atoms with Crippen LogP contribution in [0.15, 0.2) is 50.3 Å². The summed E-state index contributed by atoms with van der Waals surface area (Å²) < 4.78 is 6.75. The van der Waals surface area contributed by atoms with Crippen molar-refractivity contribution in [3.63, 3.8) is 0 Å². The molecule has 0 bridgehead atoms. The van der Waals surface area contributed by atoms with Crippen LogP contribution in [-0.2, 0) is 4.79 Å². The van der Waals surface area contributed by atoms with Gasteiger partial charge in [-0.1, -0.05) is 23.9 Å². The lowest BCUT2D eigenvalue weighted by molar-refractivity contribution is -0.402. The van der Waals surface area contributed by atoms with E-state index in [4.69, 9.17) is 4.42 Å². The van der Waals surface area contributed by atoms with Crippen LogP contribution in [0.2, 0.25) is 0 Å². The molecule has 0 radical (unpaired) electrons. The third-order valence-corrected chi connectivity index (χ3v) is 4.95. The summed E-state index contributed by atoms with van der Waals surface area (Å²) in [5, 5.41) is 14.2. The lowest BCUT2D eigenvalue weighted by Crippen LogP contribution is -2.19. The molecule has 0 aliphatic carbocycles. The van der Waals surface area contributed by atoms with Gasteiger partial charge in [-0.05, 0) is 18.2 Å². The van der Waals surface area contributed by atoms with E-state index in [0.717, 1.165) is 14.6 Å². The van der Waals surface area contributed by atoms with Crippen molar-refractivity contribution in [3.8, 4) is 0 Å². The molecule has 3 aromatic rings. The topological polar surface area (TPSA) is 111 Å². The number of thioether (sulfide) groups is 1. The van der Waals surface area contributed by atoms with E-state index in [9.17, 15) is 14.9 Å².